The third-order valence-electron chi connectivity index (χ3n) is 3.04. The minimum Gasteiger partial charge on any atom is -0.491 e. The summed E-state index contributed by atoms with van der Waals surface area (Å²) in [6.07, 6.45) is 0.235. The van der Waals surface area contributed by atoms with Gasteiger partial charge in [0.15, 0.2) is 0 Å². The number of hydrogen-bond donors (Lipinski definition) is 0. The van der Waals surface area contributed by atoms with Crippen LogP contribution >= 0.6 is 0 Å². The summed E-state index contributed by atoms with van der Waals surface area (Å²) in [6, 6.07) is 6.77. The second-order valence-corrected chi connectivity index (χ2v) is 6.43. The SMILES string of the molecule is COC(=O)CCOCCOCCOc1ccc(C(=O)OC(C)(C)C)cc1. The Morgan fingerprint density at radius 1 is 0.885 bits per heavy atom. The Balaban J connectivity index is 2.13. The van der Waals surface area contributed by atoms with E-state index >= 15 is 0 Å². The van der Waals surface area contributed by atoms with Gasteiger partial charge in [-0.1, -0.05) is 0 Å². The fourth-order valence-electron chi connectivity index (χ4n) is 1.82. The summed E-state index contributed by atoms with van der Waals surface area (Å²) in [6.45, 7) is 7.41. The van der Waals surface area contributed by atoms with Crippen molar-refractivity contribution in [3.8, 4) is 5.75 Å². The minimum atomic E-state index is -0.521. The van der Waals surface area contributed by atoms with Crippen LogP contribution in [0.25, 0.3) is 0 Å². The van der Waals surface area contributed by atoms with Crippen LogP contribution in [-0.4, -0.2) is 57.7 Å². The van der Waals surface area contributed by atoms with Gasteiger partial charge in [-0.3, -0.25) is 4.79 Å². The van der Waals surface area contributed by atoms with E-state index in [0.29, 0.717) is 44.3 Å². The molecule has 0 atom stereocenters. The molecular weight excluding hydrogens is 340 g/mol. The van der Waals surface area contributed by atoms with Gasteiger partial charge in [0.1, 0.15) is 18.0 Å². The number of methoxy groups -OCH3 is 1. The first kappa shape index (κ1) is 21.9. The van der Waals surface area contributed by atoms with Crippen molar-refractivity contribution in [1.29, 1.82) is 0 Å². The van der Waals surface area contributed by atoms with Gasteiger partial charge in [-0.05, 0) is 45.0 Å². The highest BCUT2D eigenvalue weighted by Gasteiger charge is 2.17. The number of esters is 2. The van der Waals surface area contributed by atoms with Crippen LogP contribution in [0.1, 0.15) is 37.6 Å². The van der Waals surface area contributed by atoms with Crippen molar-refractivity contribution in [2.75, 3.05) is 40.1 Å². The summed E-state index contributed by atoms with van der Waals surface area (Å²) in [5.41, 5.74) is -0.0419. The maximum absolute atomic E-state index is 11.9. The third kappa shape index (κ3) is 10.0. The van der Waals surface area contributed by atoms with Crippen LogP contribution in [-0.2, 0) is 23.7 Å². The molecule has 0 unspecified atom stereocenters. The molecule has 0 spiro atoms. The molecule has 0 amide bonds. The molecule has 0 aliphatic carbocycles. The summed E-state index contributed by atoms with van der Waals surface area (Å²) in [5, 5.41) is 0. The molecule has 0 heterocycles. The van der Waals surface area contributed by atoms with Crippen molar-refractivity contribution in [3.05, 3.63) is 29.8 Å². The van der Waals surface area contributed by atoms with E-state index in [2.05, 4.69) is 4.74 Å². The van der Waals surface area contributed by atoms with Crippen LogP contribution < -0.4 is 4.74 Å². The highest BCUT2D eigenvalue weighted by atomic mass is 16.6. The van der Waals surface area contributed by atoms with Gasteiger partial charge in [-0.15, -0.1) is 0 Å². The first-order chi connectivity index (χ1) is 12.3. The van der Waals surface area contributed by atoms with Crippen LogP contribution in [0, 0.1) is 0 Å². The standard InChI is InChI=1S/C19H28O7/c1-19(2,3)26-18(21)15-5-7-16(8-6-15)25-14-13-24-12-11-23-10-9-17(20)22-4/h5-8H,9-14H2,1-4H3. The van der Waals surface area contributed by atoms with Crippen LogP contribution in [0.4, 0.5) is 0 Å². The van der Waals surface area contributed by atoms with Gasteiger partial charge in [-0.25, -0.2) is 4.79 Å². The molecule has 0 bridgehead atoms. The number of ether oxygens (including phenoxy) is 5. The smallest absolute Gasteiger partial charge is 0.338 e. The van der Waals surface area contributed by atoms with E-state index in [0.717, 1.165) is 0 Å². The fraction of sp³-hybridized carbons (Fsp3) is 0.579. The van der Waals surface area contributed by atoms with Gasteiger partial charge in [-0.2, -0.15) is 0 Å². The average molecular weight is 368 g/mol. The number of carbonyl (C=O) groups excluding carboxylic acids is 2. The predicted octanol–water partition coefficient (Wildman–Crippen LogP) is 2.62. The molecule has 0 aliphatic heterocycles. The van der Waals surface area contributed by atoms with Crippen LogP contribution in [0.15, 0.2) is 24.3 Å². The molecule has 26 heavy (non-hydrogen) atoms. The Bertz CT molecular complexity index is 546. The molecule has 1 aromatic carbocycles. The van der Waals surface area contributed by atoms with Crippen LogP contribution in [0.2, 0.25) is 0 Å². The molecule has 0 fully saturated rings. The Labute approximate surface area is 154 Å². The third-order valence-corrected chi connectivity index (χ3v) is 3.04. The lowest BCUT2D eigenvalue weighted by Crippen LogP contribution is -2.23. The van der Waals surface area contributed by atoms with Crippen molar-refractivity contribution in [2.45, 2.75) is 32.8 Å². The lowest BCUT2D eigenvalue weighted by Gasteiger charge is -2.19. The zero-order chi connectivity index (χ0) is 19.4. The average Bonchev–Trinajstić information content (AvgIpc) is 2.59. The lowest BCUT2D eigenvalue weighted by molar-refractivity contribution is -0.141. The molecule has 0 N–H and O–H groups in total. The van der Waals surface area contributed by atoms with Gasteiger partial charge in [0.25, 0.3) is 0 Å². The van der Waals surface area contributed by atoms with E-state index in [9.17, 15) is 9.59 Å². The number of carbonyl (C=O) groups is 2. The summed E-state index contributed by atoms with van der Waals surface area (Å²) in [5.74, 6) is -0.00757. The number of benzene rings is 1. The summed E-state index contributed by atoms with van der Waals surface area (Å²) >= 11 is 0. The minimum absolute atomic E-state index is 0.235. The molecule has 7 nitrogen and oxygen atoms in total. The Kier molecular flexibility index (Phi) is 9.69. The maximum Gasteiger partial charge on any atom is 0.338 e. The molecule has 0 aliphatic rings. The highest BCUT2D eigenvalue weighted by molar-refractivity contribution is 5.89. The molecule has 0 radical (unpaired) electrons. The van der Waals surface area contributed by atoms with Crippen molar-refractivity contribution in [3.63, 3.8) is 0 Å². The Morgan fingerprint density at radius 2 is 1.46 bits per heavy atom. The second kappa shape index (κ2) is 11.5. The molecule has 146 valence electrons. The second-order valence-electron chi connectivity index (χ2n) is 6.43. The molecular formula is C19H28O7. The molecule has 0 saturated heterocycles. The summed E-state index contributed by atoms with van der Waals surface area (Å²) in [7, 11) is 1.34. The molecule has 7 heteroatoms. The van der Waals surface area contributed by atoms with Crippen molar-refractivity contribution in [2.24, 2.45) is 0 Å². The first-order valence-corrected chi connectivity index (χ1v) is 8.50. The first-order valence-electron chi connectivity index (χ1n) is 8.50. The van der Waals surface area contributed by atoms with Crippen LogP contribution in [0.3, 0.4) is 0 Å². The van der Waals surface area contributed by atoms with Crippen molar-refractivity contribution in [1.82, 2.24) is 0 Å². The van der Waals surface area contributed by atoms with Gasteiger partial charge < -0.3 is 23.7 Å². The number of rotatable bonds is 11. The van der Waals surface area contributed by atoms with E-state index in [1.54, 1.807) is 24.3 Å². The summed E-state index contributed by atoms with van der Waals surface area (Å²) < 4.78 is 25.9. The molecule has 1 aromatic rings. The van der Waals surface area contributed by atoms with E-state index in [-0.39, 0.29) is 18.4 Å². The fourth-order valence-corrected chi connectivity index (χ4v) is 1.82. The van der Waals surface area contributed by atoms with Crippen molar-refractivity contribution >= 4 is 11.9 Å². The van der Waals surface area contributed by atoms with E-state index < -0.39 is 5.60 Å². The normalized spacial score (nSPS) is 11.1. The topological polar surface area (TPSA) is 80.3 Å². The van der Waals surface area contributed by atoms with E-state index in [4.69, 9.17) is 18.9 Å². The molecule has 1 rings (SSSR count). The summed E-state index contributed by atoms with van der Waals surface area (Å²) in [4.78, 5) is 22.8. The van der Waals surface area contributed by atoms with E-state index in [1.807, 2.05) is 20.8 Å². The molecule has 0 saturated carbocycles. The number of hydrogen-bond acceptors (Lipinski definition) is 7. The van der Waals surface area contributed by atoms with Gasteiger partial charge in [0.05, 0.1) is 45.5 Å². The Morgan fingerprint density at radius 3 is 2.04 bits per heavy atom. The predicted molar refractivity (Wildman–Crippen MR) is 95.4 cm³/mol. The van der Waals surface area contributed by atoms with Gasteiger partial charge in [0.2, 0.25) is 0 Å². The lowest BCUT2D eigenvalue weighted by atomic mass is 10.1. The Hall–Kier alpha value is -2.12. The molecule has 0 aromatic heterocycles. The van der Waals surface area contributed by atoms with Crippen molar-refractivity contribution < 1.29 is 33.3 Å². The zero-order valence-corrected chi connectivity index (χ0v) is 15.9. The van der Waals surface area contributed by atoms with Gasteiger partial charge in [0, 0.05) is 0 Å². The quantitative estimate of drug-likeness (QED) is 0.439. The highest BCUT2D eigenvalue weighted by Crippen LogP contribution is 2.16. The maximum atomic E-state index is 11.9. The zero-order valence-electron chi connectivity index (χ0n) is 15.9. The van der Waals surface area contributed by atoms with E-state index in [1.165, 1.54) is 7.11 Å². The van der Waals surface area contributed by atoms with Crippen LogP contribution in [0.5, 0.6) is 5.75 Å². The van der Waals surface area contributed by atoms with Gasteiger partial charge >= 0.3 is 11.9 Å². The largest absolute Gasteiger partial charge is 0.491 e. The monoisotopic (exact) mass is 368 g/mol.